The SMILES string of the molecule is CC1(C)c2ccccc2-c2c(C(/C=C/c3ccc(-c4ccc(-c5ccc6c(c5)-c5c(ccc7ccccc57)C6(C)C)c5ccccc45)c4ccccc34)=NC(=N)c3ccccc3)cccc21. The van der Waals surface area contributed by atoms with E-state index in [0.717, 1.165) is 27.8 Å². The van der Waals surface area contributed by atoms with Crippen LogP contribution in [0, 0.1) is 5.41 Å². The minimum Gasteiger partial charge on any atom is -0.282 e. The van der Waals surface area contributed by atoms with Gasteiger partial charge in [-0.2, -0.15) is 0 Å². The largest absolute Gasteiger partial charge is 0.282 e. The molecule has 0 unspecified atom stereocenters. The molecule has 314 valence electrons. The van der Waals surface area contributed by atoms with Gasteiger partial charge in [0.1, 0.15) is 0 Å². The number of amidine groups is 1. The first-order valence-electron chi connectivity index (χ1n) is 23.0. The Morgan fingerprint density at radius 3 is 1.76 bits per heavy atom. The summed E-state index contributed by atoms with van der Waals surface area (Å²) in [7, 11) is 0. The molecule has 10 aromatic carbocycles. The van der Waals surface area contributed by atoms with Crippen molar-refractivity contribution in [3.63, 3.8) is 0 Å². The summed E-state index contributed by atoms with van der Waals surface area (Å²) in [4.78, 5) is 5.11. The van der Waals surface area contributed by atoms with Crippen molar-refractivity contribution in [1.82, 2.24) is 0 Å². The molecule has 0 bridgehead atoms. The van der Waals surface area contributed by atoms with Crippen LogP contribution in [0.4, 0.5) is 0 Å². The predicted molar refractivity (Wildman–Crippen MR) is 280 cm³/mol. The lowest BCUT2D eigenvalue weighted by atomic mass is 9.81. The van der Waals surface area contributed by atoms with E-state index in [2.05, 4.69) is 210 Å². The molecule has 0 aromatic heterocycles. The van der Waals surface area contributed by atoms with E-state index in [-0.39, 0.29) is 16.7 Å². The maximum atomic E-state index is 9.19. The van der Waals surface area contributed by atoms with E-state index in [1.165, 1.54) is 93.7 Å². The maximum absolute atomic E-state index is 9.19. The van der Waals surface area contributed by atoms with Gasteiger partial charge in [-0.25, -0.2) is 4.99 Å². The lowest BCUT2D eigenvalue weighted by Crippen LogP contribution is -2.15. The molecule has 0 saturated heterocycles. The van der Waals surface area contributed by atoms with Crippen LogP contribution in [0.5, 0.6) is 0 Å². The first-order chi connectivity index (χ1) is 32.2. The number of fused-ring (bicyclic) bond motifs is 10. The minimum absolute atomic E-state index is 0.0773. The van der Waals surface area contributed by atoms with Gasteiger partial charge >= 0.3 is 0 Å². The van der Waals surface area contributed by atoms with E-state index in [9.17, 15) is 5.41 Å². The van der Waals surface area contributed by atoms with Crippen LogP contribution in [-0.2, 0) is 10.8 Å². The van der Waals surface area contributed by atoms with Crippen molar-refractivity contribution in [1.29, 1.82) is 5.41 Å². The smallest absolute Gasteiger partial charge is 0.152 e. The summed E-state index contributed by atoms with van der Waals surface area (Å²) < 4.78 is 0. The predicted octanol–water partition coefficient (Wildman–Crippen LogP) is 16.6. The normalized spacial score (nSPS) is 14.4. The zero-order chi connectivity index (χ0) is 44.7. The van der Waals surface area contributed by atoms with Gasteiger partial charge in [-0.1, -0.05) is 228 Å². The Kier molecular flexibility index (Phi) is 9.05. The fraction of sp³-hybridized carbons (Fsp3) is 0.0938. The Balaban J connectivity index is 0.969. The highest BCUT2D eigenvalue weighted by atomic mass is 14.8. The summed E-state index contributed by atoms with van der Waals surface area (Å²) in [6.45, 7) is 9.33. The first-order valence-corrected chi connectivity index (χ1v) is 23.0. The van der Waals surface area contributed by atoms with E-state index in [1.807, 2.05) is 30.3 Å². The summed E-state index contributed by atoms with van der Waals surface area (Å²) in [6, 6.07) is 72.5. The molecule has 0 radical (unpaired) electrons. The van der Waals surface area contributed by atoms with Gasteiger partial charge in [0, 0.05) is 22.0 Å². The van der Waals surface area contributed by atoms with Crippen LogP contribution >= 0.6 is 0 Å². The lowest BCUT2D eigenvalue weighted by molar-refractivity contribution is 0.660. The van der Waals surface area contributed by atoms with Gasteiger partial charge < -0.3 is 0 Å². The fourth-order valence-corrected chi connectivity index (χ4v) is 11.3. The molecule has 0 spiro atoms. The maximum Gasteiger partial charge on any atom is 0.152 e. The quantitative estimate of drug-likeness (QED) is 0.128. The molecule has 0 fully saturated rings. The first kappa shape index (κ1) is 39.6. The molecule has 2 nitrogen and oxygen atoms in total. The van der Waals surface area contributed by atoms with Crippen molar-refractivity contribution in [2.24, 2.45) is 4.99 Å². The summed E-state index contributed by atoms with van der Waals surface area (Å²) in [6.07, 6.45) is 4.30. The lowest BCUT2D eigenvalue weighted by Gasteiger charge is -2.22. The van der Waals surface area contributed by atoms with Crippen molar-refractivity contribution < 1.29 is 0 Å². The molecule has 0 atom stereocenters. The van der Waals surface area contributed by atoms with E-state index in [4.69, 9.17) is 4.99 Å². The number of hydrogen-bond acceptors (Lipinski definition) is 1. The molecule has 0 heterocycles. The molecule has 2 aliphatic rings. The van der Waals surface area contributed by atoms with Crippen molar-refractivity contribution in [2.45, 2.75) is 38.5 Å². The van der Waals surface area contributed by atoms with Crippen molar-refractivity contribution in [2.75, 3.05) is 0 Å². The molecule has 1 N–H and O–H groups in total. The van der Waals surface area contributed by atoms with Gasteiger partial charge in [0.2, 0.25) is 0 Å². The Morgan fingerprint density at radius 2 is 0.985 bits per heavy atom. The Hall–Kier alpha value is -7.94. The second-order valence-corrected chi connectivity index (χ2v) is 19.0. The van der Waals surface area contributed by atoms with Crippen LogP contribution < -0.4 is 0 Å². The van der Waals surface area contributed by atoms with E-state index >= 15 is 0 Å². The van der Waals surface area contributed by atoms with Crippen LogP contribution in [0.15, 0.2) is 211 Å². The Bertz CT molecular complexity index is 3710. The van der Waals surface area contributed by atoms with Crippen LogP contribution in [0.1, 0.15) is 66.6 Å². The highest BCUT2D eigenvalue weighted by Crippen LogP contribution is 2.53. The van der Waals surface area contributed by atoms with Gasteiger partial charge in [-0.05, 0) is 117 Å². The fourth-order valence-electron chi connectivity index (χ4n) is 11.3. The second-order valence-electron chi connectivity index (χ2n) is 19.0. The standard InChI is InChI=1S/C64H48N2/c1-63(2)55-27-15-14-25-52(55)61-53(26-16-28-57(61)63)59(66-62(65)42-18-6-5-7-19-42)38-32-41-29-33-50(47-22-11-10-20-44(41)47)51-35-34-45(48-23-12-13-24-49(48)51)43-31-36-56-54(39-43)60-46-21-9-8-17-40(46)30-37-58(60)64(56,3)4/h5-39,65H,1-4H3/b38-32+,65-62?,66-59?. The number of rotatable bonds is 6. The zero-order valence-corrected chi connectivity index (χ0v) is 37.7. The minimum atomic E-state index is -0.155. The van der Waals surface area contributed by atoms with Crippen LogP contribution in [0.3, 0.4) is 0 Å². The van der Waals surface area contributed by atoms with E-state index in [1.54, 1.807) is 0 Å². The number of benzene rings is 10. The van der Waals surface area contributed by atoms with Crippen LogP contribution in [0.25, 0.3) is 82.9 Å². The molecule has 66 heavy (non-hydrogen) atoms. The van der Waals surface area contributed by atoms with Crippen LogP contribution in [0.2, 0.25) is 0 Å². The van der Waals surface area contributed by atoms with Crippen molar-refractivity contribution in [3.05, 3.63) is 245 Å². The molecule has 0 amide bonds. The molecule has 0 aliphatic heterocycles. The van der Waals surface area contributed by atoms with Gasteiger partial charge in [0.05, 0.1) is 5.71 Å². The molecule has 12 rings (SSSR count). The number of nitrogens with one attached hydrogen (secondary N) is 1. The molecular formula is C64H48N2. The number of hydrogen-bond donors (Lipinski definition) is 1. The average molecular weight is 845 g/mol. The highest BCUT2D eigenvalue weighted by molar-refractivity contribution is 6.21. The van der Waals surface area contributed by atoms with Crippen LogP contribution in [-0.4, -0.2) is 11.5 Å². The third kappa shape index (κ3) is 6.09. The van der Waals surface area contributed by atoms with E-state index < -0.39 is 0 Å². The number of nitrogens with zero attached hydrogens (tertiary/aromatic N) is 1. The Labute approximate surface area is 386 Å². The topological polar surface area (TPSA) is 36.2 Å². The molecular weight excluding hydrogens is 797 g/mol. The molecule has 2 heteroatoms. The average Bonchev–Trinajstić information content (AvgIpc) is 3.74. The van der Waals surface area contributed by atoms with Crippen molar-refractivity contribution >= 4 is 49.9 Å². The summed E-state index contributed by atoms with van der Waals surface area (Å²) in [5.74, 6) is 0.232. The van der Waals surface area contributed by atoms with Crippen molar-refractivity contribution in [3.8, 4) is 44.5 Å². The summed E-state index contributed by atoms with van der Waals surface area (Å²) >= 11 is 0. The highest BCUT2D eigenvalue weighted by Gasteiger charge is 2.38. The molecule has 10 aromatic rings. The number of aliphatic imine (C=N–C) groups is 1. The Morgan fingerprint density at radius 1 is 0.424 bits per heavy atom. The second kappa shape index (κ2) is 15.1. The van der Waals surface area contributed by atoms with Gasteiger partial charge in [0.15, 0.2) is 5.84 Å². The summed E-state index contributed by atoms with van der Waals surface area (Å²) in [5.41, 5.74) is 18.8. The zero-order valence-electron chi connectivity index (χ0n) is 37.7. The third-order valence-electron chi connectivity index (χ3n) is 14.6. The van der Waals surface area contributed by atoms with Gasteiger partial charge in [-0.3, -0.25) is 5.41 Å². The monoisotopic (exact) mass is 844 g/mol. The molecule has 0 saturated carbocycles. The van der Waals surface area contributed by atoms with Gasteiger partial charge in [-0.15, -0.1) is 0 Å². The third-order valence-corrected chi connectivity index (χ3v) is 14.6. The van der Waals surface area contributed by atoms with Gasteiger partial charge in [0.25, 0.3) is 0 Å². The molecule has 2 aliphatic carbocycles. The number of allylic oxidation sites excluding steroid dienone is 1. The van der Waals surface area contributed by atoms with E-state index in [0.29, 0.717) is 0 Å². The summed E-state index contributed by atoms with van der Waals surface area (Å²) in [5, 5.41) is 16.6.